The molecule has 7 heteroatoms. The van der Waals surface area contributed by atoms with E-state index in [1.165, 1.54) is 25.1 Å². The number of hydrogen-bond donors (Lipinski definition) is 1. The van der Waals surface area contributed by atoms with Crippen molar-refractivity contribution in [3.63, 3.8) is 0 Å². The van der Waals surface area contributed by atoms with Crippen molar-refractivity contribution in [3.8, 4) is 10.7 Å². The predicted octanol–water partition coefficient (Wildman–Crippen LogP) is 2.84. The second kappa shape index (κ2) is 7.70. The van der Waals surface area contributed by atoms with Gasteiger partial charge in [-0.15, -0.1) is 36.2 Å². The fourth-order valence-electron chi connectivity index (χ4n) is 3.34. The smallest absolute Gasteiger partial charge is 0.169 e. The first-order chi connectivity index (χ1) is 9.90. The van der Waals surface area contributed by atoms with Crippen LogP contribution in [0.25, 0.3) is 10.7 Å². The molecule has 4 nitrogen and oxygen atoms in total. The summed E-state index contributed by atoms with van der Waals surface area (Å²) in [5, 5.41) is 5.56. The van der Waals surface area contributed by atoms with E-state index in [-0.39, 0.29) is 24.8 Å². The Hall–Kier alpha value is -0.720. The number of likely N-dealkylation sites (tertiary alicyclic amines) is 1. The highest BCUT2D eigenvalue weighted by Gasteiger charge is 2.37. The van der Waals surface area contributed by atoms with Gasteiger partial charge in [0.25, 0.3) is 0 Å². The Kier molecular flexibility index (Phi) is 6.17. The zero-order valence-corrected chi connectivity index (χ0v) is 14.6. The summed E-state index contributed by atoms with van der Waals surface area (Å²) in [7, 11) is 0. The largest absolute Gasteiger partial charge is 0.315 e. The standard InChI is InChI=1S/C15H18N4S.2ClH/c1-2-14(20-5-1)15-17-6-11(7-18-15)10-19-4-3-12-8-16-9-13(12)19;;/h1-2,5-7,12-13,16H,3-4,8-10H2;2*1H/t12-,13+;;/m0../s1. The zero-order chi connectivity index (χ0) is 13.4. The molecule has 0 unspecified atom stereocenters. The Bertz CT molecular complexity index is 576. The first kappa shape index (κ1) is 17.6. The molecule has 2 saturated heterocycles. The second-order valence-corrected chi connectivity index (χ2v) is 6.58. The van der Waals surface area contributed by atoms with Gasteiger partial charge in [-0.2, -0.15) is 0 Å². The third kappa shape index (κ3) is 3.44. The molecule has 2 aliphatic heterocycles. The summed E-state index contributed by atoms with van der Waals surface area (Å²) < 4.78 is 0. The normalized spacial score (nSPS) is 23.6. The van der Waals surface area contributed by atoms with Crippen molar-refractivity contribution in [2.75, 3.05) is 19.6 Å². The fourth-order valence-corrected chi connectivity index (χ4v) is 4.01. The number of hydrogen-bond acceptors (Lipinski definition) is 5. The summed E-state index contributed by atoms with van der Waals surface area (Å²) >= 11 is 1.68. The number of thiophene rings is 1. The molecule has 4 rings (SSSR count). The van der Waals surface area contributed by atoms with E-state index in [0.29, 0.717) is 6.04 Å². The van der Waals surface area contributed by atoms with Gasteiger partial charge in [0.05, 0.1) is 4.88 Å². The van der Waals surface area contributed by atoms with Crippen LogP contribution in [0.1, 0.15) is 12.0 Å². The minimum atomic E-state index is 0. The monoisotopic (exact) mass is 358 g/mol. The van der Waals surface area contributed by atoms with Crippen molar-refractivity contribution < 1.29 is 0 Å². The van der Waals surface area contributed by atoms with Gasteiger partial charge in [0.2, 0.25) is 0 Å². The Labute approximate surface area is 147 Å². The molecule has 0 aliphatic carbocycles. The van der Waals surface area contributed by atoms with Crippen molar-refractivity contribution in [1.29, 1.82) is 0 Å². The number of rotatable bonds is 3. The van der Waals surface area contributed by atoms with Crippen molar-refractivity contribution in [1.82, 2.24) is 20.2 Å². The lowest BCUT2D eigenvalue weighted by Crippen LogP contribution is -2.33. The Morgan fingerprint density at radius 3 is 2.77 bits per heavy atom. The molecule has 4 heterocycles. The average molecular weight is 359 g/mol. The first-order valence-corrected chi connectivity index (χ1v) is 8.08. The van der Waals surface area contributed by atoms with E-state index in [4.69, 9.17) is 0 Å². The average Bonchev–Trinajstić information content (AvgIpc) is 3.18. The van der Waals surface area contributed by atoms with E-state index >= 15 is 0 Å². The minimum Gasteiger partial charge on any atom is -0.315 e. The molecule has 0 saturated carbocycles. The van der Waals surface area contributed by atoms with Crippen molar-refractivity contribution >= 4 is 36.2 Å². The number of nitrogens with zero attached hydrogens (tertiary/aromatic N) is 3. The first-order valence-electron chi connectivity index (χ1n) is 7.20. The second-order valence-electron chi connectivity index (χ2n) is 5.64. The van der Waals surface area contributed by atoms with Gasteiger partial charge in [-0.05, 0) is 36.9 Å². The molecule has 2 fully saturated rings. The third-order valence-electron chi connectivity index (χ3n) is 4.39. The molecule has 0 radical (unpaired) electrons. The summed E-state index contributed by atoms with van der Waals surface area (Å²) in [5.41, 5.74) is 1.22. The van der Waals surface area contributed by atoms with E-state index in [1.54, 1.807) is 11.3 Å². The molecule has 0 spiro atoms. The van der Waals surface area contributed by atoms with Crippen LogP contribution in [0.5, 0.6) is 0 Å². The van der Waals surface area contributed by atoms with Crippen LogP contribution in [0, 0.1) is 5.92 Å². The third-order valence-corrected chi connectivity index (χ3v) is 5.26. The van der Waals surface area contributed by atoms with E-state index in [1.807, 2.05) is 18.5 Å². The van der Waals surface area contributed by atoms with Crippen LogP contribution in [0.15, 0.2) is 29.9 Å². The highest BCUT2D eigenvalue weighted by Crippen LogP contribution is 2.28. The Morgan fingerprint density at radius 2 is 2.05 bits per heavy atom. The molecule has 120 valence electrons. The van der Waals surface area contributed by atoms with Gasteiger partial charge in [0.1, 0.15) is 0 Å². The van der Waals surface area contributed by atoms with Gasteiger partial charge in [0.15, 0.2) is 5.82 Å². The maximum absolute atomic E-state index is 4.51. The lowest BCUT2D eigenvalue weighted by Gasteiger charge is -2.22. The predicted molar refractivity (Wildman–Crippen MR) is 95.0 cm³/mol. The molecule has 2 atom stereocenters. The van der Waals surface area contributed by atoms with E-state index in [2.05, 4.69) is 31.6 Å². The molecular weight excluding hydrogens is 339 g/mol. The van der Waals surface area contributed by atoms with Gasteiger partial charge in [-0.1, -0.05) is 6.07 Å². The molecule has 22 heavy (non-hydrogen) atoms. The van der Waals surface area contributed by atoms with Gasteiger partial charge in [-0.25, -0.2) is 9.97 Å². The van der Waals surface area contributed by atoms with Crippen LogP contribution in [0.2, 0.25) is 0 Å². The van der Waals surface area contributed by atoms with Crippen molar-refractivity contribution in [3.05, 3.63) is 35.5 Å². The van der Waals surface area contributed by atoms with Gasteiger partial charge >= 0.3 is 0 Å². The number of aromatic nitrogens is 2. The maximum atomic E-state index is 4.51. The highest BCUT2D eigenvalue weighted by molar-refractivity contribution is 7.13. The van der Waals surface area contributed by atoms with E-state index in [0.717, 1.165) is 29.7 Å². The van der Waals surface area contributed by atoms with Crippen LogP contribution >= 0.6 is 36.2 Å². The fraction of sp³-hybridized carbons (Fsp3) is 0.467. The number of fused-ring (bicyclic) bond motifs is 1. The molecule has 2 aromatic rings. The van der Waals surface area contributed by atoms with Crippen LogP contribution < -0.4 is 5.32 Å². The lowest BCUT2D eigenvalue weighted by atomic mass is 10.1. The summed E-state index contributed by atoms with van der Waals surface area (Å²) in [6.07, 6.45) is 5.29. The van der Waals surface area contributed by atoms with Crippen LogP contribution in [0.3, 0.4) is 0 Å². The van der Waals surface area contributed by atoms with Crippen LogP contribution in [-0.2, 0) is 6.54 Å². The Balaban J connectivity index is 0.000000882. The topological polar surface area (TPSA) is 41.1 Å². The zero-order valence-electron chi connectivity index (χ0n) is 12.1. The summed E-state index contributed by atoms with van der Waals surface area (Å²) in [6, 6.07) is 4.82. The molecule has 0 bridgehead atoms. The maximum Gasteiger partial charge on any atom is 0.169 e. The summed E-state index contributed by atoms with van der Waals surface area (Å²) in [6.45, 7) is 4.52. The minimum absolute atomic E-state index is 0. The van der Waals surface area contributed by atoms with Gasteiger partial charge < -0.3 is 5.32 Å². The van der Waals surface area contributed by atoms with Crippen molar-refractivity contribution in [2.45, 2.75) is 19.0 Å². The van der Waals surface area contributed by atoms with Crippen LogP contribution in [0.4, 0.5) is 0 Å². The van der Waals surface area contributed by atoms with Gasteiger partial charge in [-0.3, -0.25) is 4.90 Å². The molecular formula is C15H20Cl2N4S. The molecule has 2 aliphatic rings. The summed E-state index contributed by atoms with van der Waals surface area (Å²) in [5.74, 6) is 1.69. The van der Waals surface area contributed by atoms with E-state index < -0.39 is 0 Å². The lowest BCUT2D eigenvalue weighted by molar-refractivity contribution is 0.243. The SMILES string of the molecule is Cl.Cl.c1csc(-c2ncc(CN3CC[C@H]4CNC[C@H]43)cn2)c1. The molecule has 2 aromatic heterocycles. The number of halogens is 2. The van der Waals surface area contributed by atoms with E-state index in [9.17, 15) is 0 Å². The molecule has 0 amide bonds. The summed E-state index contributed by atoms with van der Waals surface area (Å²) in [4.78, 5) is 12.7. The quantitative estimate of drug-likeness (QED) is 0.915. The molecule has 1 N–H and O–H groups in total. The molecule has 0 aromatic carbocycles. The Morgan fingerprint density at radius 1 is 1.23 bits per heavy atom. The highest BCUT2D eigenvalue weighted by atomic mass is 35.5. The van der Waals surface area contributed by atoms with Gasteiger partial charge in [0, 0.05) is 37.1 Å². The van der Waals surface area contributed by atoms with Crippen molar-refractivity contribution in [2.24, 2.45) is 5.92 Å². The van der Waals surface area contributed by atoms with Crippen LogP contribution in [-0.4, -0.2) is 40.5 Å². The number of nitrogens with one attached hydrogen (secondary N) is 1.